The van der Waals surface area contributed by atoms with Gasteiger partial charge in [0.25, 0.3) is 0 Å². The number of likely N-dealkylation sites (N-methyl/N-ethyl adjacent to an activating group) is 1. The molecule has 4 aromatic rings. The molecule has 0 saturated carbocycles. The summed E-state index contributed by atoms with van der Waals surface area (Å²) in [5.41, 5.74) is 0.0577. The Balaban J connectivity index is 1.90. The quantitative estimate of drug-likeness (QED) is 0.492. The highest BCUT2D eigenvalue weighted by Crippen LogP contribution is 2.38. The molecular formula is C23H22F3N5O. The van der Waals surface area contributed by atoms with Crippen molar-refractivity contribution in [3.63, 3.8) is 0 Å². The maximum Gasteiger partial charge on any atom is 0.435 e. The van der Waals surface area contributed by atoms with E-state index >= 15 is 0 Å². The molecule has 166 valence electrons. The van der Waals surface area contributed by atoms with Gasteiger partial charge in [-0.2, -0.15) is 13.2 Å². The maximum atomic E-state index is 13.9. The molecule has 2 aromatic heterocycles. The molecule has 1 amide bonds. The molecule has 0 aliphatic rings. The molecule has 1 N–H and O–H groups in total. The minimum Gasteiger partial charge on any atom is -0.353 e. The van der Waals surface area contributed by atoms with Gasteiger partial charge in [0.1, 0.15) is 11.3 Å². The van der Waals surface area contributed by atoms with E-state index < -0.39 is 11.9 Å². The van der Waals surface area contributed by atoms with Gasteiger partial charge in [-0.15, -0.1) is 0 Å². The van der Waals surface area contributed by atoms with Crippen molar-refractivity contribution < 1.29 is 18.0 Å². The Kier molecular flexibility index (Phi) is 5.84. The van der Waals surface area contributed by atoms with Gasteiger partial charge in [-0.1, -0.05) is 48.5 Å². The predicted octanol–water partition coefficient (Wildman–Crippen LogP) is 3.95. The molecule has 0 aliphatic carbocycles. The molecule has 0 unspecified atom stereocenters. The lowest BCUT2D eigenvalue weighted by atomic mass is 10.1. The largest absolute Gasteiger partial charge is 0.435 e. The maximum absolute atomic E-state index is 13.9. The van der Waals surface area contributed by atoms with Crippen molar-refractivity contribution in [2.75, 3.05) is 27.2 Å². The molecule has 9 heteroatoms. The van der Waals surface area contributed by atoms with Crippen LogP contribution in [0.2, 0.25) is 0 Å². The second-order valence-corrected chi connectivity index (χ2v) is 7.71. The molecule has 0 saturated heterocycles. The monoisotopic (exact) mass is 441 g/mol. The number of nitrogens with one attached hydrogen (secondary N) is 1. The van der Waals surface area contributed by atoms with Crippen molar-refractivity contribution in [1.29, 1.82) is 0 Å². The summed E-state index contributed by atoms with van der Waals surface area (Å²) in [6, 6.07) is 15.7. The second kappa shape index (κ2) is 8.58. The van der Waals surface area contributed by atoms with Gasteiger partial charge in [0, 0.05) is 24.0 Å². The van der Waals surface area contributed by atoms with Gasteiger partial charge in [0.2, 0.25) is 5.91 Å². The van der Waals surface area contributed by atoms with E-state index in [9.17, 15) is 18.0 Å². The van der Waals surface area contributed by atoms with Crippen molar-refractivity contribution >= 4 is 27.8 Å². The zero-order chi connectivity index (χ0) is 22.9. The van der Waals surface area contributed by atoms with Crippen LogP contribution in [0, 0.1) is 0 Å². The van der Waals surface area contributed by atoms with Crippen LogP contribution < -0.4 is 5.32 Å². The normalized spacial score (nSPS) is 12.1. The molecule has 0 aliphatic heterocycles. The molecule has 0 radical (unpaired) electrons. The topological polar surface area (TPSA) is 63.1 Å². The van der Waals surface area contributed by atoms with Gasteiger partial charge in [-0.25, -0.2) is 9.97 Å². The van der Waals surface area contributed by atoms with Crippen LogP contribution in [-0.2, 0) is 17.5 Å². The number of para-hydroxylation sites is 1. The van der Waals surface area contributed by atoms with Crippen LogP contribution in [-0.4, -0.2) is 52.5 Å². The number of hydrogen-bond donors (Lipinski definition) is 1. The fraction of sp³-hybridized carbons (Fsp3) is 0.261. The van der Waals surface area contributed by atoms with Crippen molar-refractivity contribution in [2.24, 2.45) is 0 Å². The number of pyridine rings is 1. The van der Waals surface area contributed by atoms with Gasteiger partial charge in [-0.05, 0) is 20.2 Å². The molecule has 0 spiro atoms. The second-order valence-electron chi connectivity index (χ2n) is 7.71. The molecule has 6 nitrogen and oxygen atoms in total. The number of carbonyl (C=O) groups is 1. The minimum atomic E-state index is -4.66. The summed E-state index contributed by atoms with van der Waals surface area (Å²) < 4.78 is 43.4. The molecule has 2 heterocycles. The predicted molar refractivity (Wildman–Crippen MR) is 117 cm³/mol. The SMILES string of the molecule is CN(C)CC(=O)NCCn1c(-c2ccccc2)nc2c(C(F)(F)F)nc3ccccc3c21. The number of rotatable bonds is 6. The molecule has 0 fully saturated rings. The van der Waals surface area contributed by atoms with E-state index in [2.05, 4.69) is 15.3 Å². The summed E-state index contributed by atoms with van der Waals surface area (Å²) in [5, 5.41) is 3.40. The Bertz CT molecular complexity index is 1270. The van der Waals surface area contributed by atoms with Crippen LogP contribution in [0.4, 0.5) is 13.2 Å². The average Bonchev–Trinajstić information content (AvgIpc) is 3.12. The number of imidazole rings is 1. The summed E-state index contributed by atoms with van der Waals surface area (Å²) in [7, 11) is 3.57. The van der Waals surface area contributed by atoms with Crippen LogP contribution in [0.3, 0.4) is 0 Å². The summed E-state index contributed by atoms with van der Waals surface area (Å²) in [5.74, 6) is 0.231. The number of carbonyl (C=O) groups excluding carboxylic acids is 1. The highest BCUT2D eigenvalue weighted by Gasteiger charge is 2.37. The van der Waals surface area contributed by atoms with Crippen LogP contribution in [0.5, 0.6) is 0 Å². The van der Waals surface area contributed by atoms with Crippen molar-refractivity contribution in [3.05, 3.63) is 60.3 Å². The van der Waals surface area contributed by atoms with E-state index in [1.807, 2.05) is 6.07 Å². The summed E-state index contributed by atoms with van der Waals surface area (Å²) in [4.78, 5) is 22.1. The standard InChI is InChI=1S/C23H22F3N5O/c1-30(2)14-18(32)27-12-13-31-20-16-10-6-7-11-17(16)28-21(23(24,25)26)19(20)29-22(31)15-8-4-3-5-9-15/h3-11H,12-14H2,1-2H3,(H,27,32). The van der Waals surface area contributed by atoms with Gasteiger partial charge in [0.05, 0.1) is 17.6 Å². The number of halogens is 3. The van der Waals surface area contributed by atoms with Crippen LogP contribution >= 0.6 is 0 Å². The Morgan fingerprint density at radius 2 is 1.72 bits per heavy atom. The van der Waals surface area contributed by atoms with Gasteiger partial charge in [-0.3, -0.25) is 4.79 Å². The van der Waals surface area contributed by atoms with Crippen molar-refractivity contribution in [3.8, 4) is 11.4 Å². The third-order valence-electron chi connectivity index (χ3n) is 5.00. The van der Waals surface area contributed by atoms with E-state index in [4.69, 9.17) is 0 Å². The number of benzene rings is 2. The van der Waals surface area contributed by atoms with Crippen LogP contribution in [0.15, 0.2) is 54.6 Å². The van der Waals surface area contributed by atoms with Gasteiger partial charge >= 0.3 is 6.18 Å². The highest BCUT2D eigenvalue weighted by molar-refractivity contribution is 6.04. The lowest BCUT2D eigenvalue weighted by molar-refractivity contribution is -0.139. The third-order valence-corrected chi connectivity index (χ3v) is 5.00. The van der Waals surface area contributed by atoms with E-state index in [0.29, 0.717) is 22.3 Å². The first-order valence-electron chi connectivity index (χ1n) is 10.1. The zero-order valence-electron chi connectivity index (χ0n) is 17.6. The third kappa shape index (κ3) is 4.29. The number of amides is 1. The Labute approximate surface area is 182 Å². The van der Waals surface area contributed by atoms with Crippen molar-refractivity contribution in [2.45, 2.75) is 12.7 Å². The summed E-state index contributed by atoms with van der Waals surface area (Å²) in [6.45, 7) is 0.725. The number of nitrogens with zero attached hydrogens (tertiary/aromatic N) is 4. The minimum absolute atomic E-state index is 0.164. The molecule has 2 aromatic carbocycles. The van der Waals surface area contributed by atoms with E-state index in [0.717, 1.165) is 0 Å². The fourth-order valence-electron chi connectivity index (χ4n) is 3.71. The average molecular weight is 441 g/mol. The first kappa shape index (κ1) is 21.8. The first-order chi connectivity index (χ1) is 15.3. The van der Waals surface area contributed by atoms with Crippen LogP contribution in [0.1, 0.15) is 5.69 Å². The van der Waals surface area contributed by atoms with E-state index in [1.165, 1.54) is 0 Å². The molecule has 4 rings (SSSR count). The molecule has 0 atom stereocenters. The van der Waals surface area contributed by atoms with E-state index in [-0.39, 0.29) is 36.6 Å². The smallest absolute Gasteiger partial charge is 0.353 e. The van der Waals surface area contributed by atoms with Crippen LogP contribution in [0.25, 0.3) is 33.3 Å². The summed E-state index contributed by atoms with van der Waals surface area (Å²) >= 11 is 0. The zero-order valence-corrected chi connectivity index (χ0v) is 17.6. The fourth-order valence-corrected chi connectivity index (χ4v) is 3.71. The Hall–Kier alpha value is -3.46. The number of fused-ring (bicyclic) bond motifs is 3. The van der Waals surface area contributed by atoms with Gasteiger partial charge < -0.3 is 14.8 Å². The van der Waals surface area contributed by atoms with Crippen molar-refractivity contribution in [1.82, 2.24) is 24.8 Å². The molecule has 0 bridgehead atoms. The summed E-state index contributed by atoms with van der Waals surface area (Å²) in [6.07, 6.45) is -4.66. The Morgan fingerprint density at radius 1 is 1.03 bits per heavy atom. The lowest BCUT2D eigenvalue weighted by Crippen LogP contribution is -2.35. The first-order valence-corrected chi connectivity index (χ1v) is 10.1. The van der Waals surface area contributed by atoms with E-state index in [1.54, 1.807) is 72.1 Å². The number of aromatic nitrogens is 3. The molecular weight excluding hydrogens is 419 g/mol. The number of hydrogen-bond acceptors (Lipinski definition) is 4. The number of alkyl halides is 3. The highest BCUT2D eigenvalue weighted by atomic mass is 19.4. The Morgan fingerprint density at radius 3 is 2.41 bits per heavy atom. The van der Waals surface area contributed by atoms with Gasteiger partial charge in [0.15, 0.2) is 5.69 Å². The molecule has 32 heavy (non-hydrogen) atoms. The lowest BCUT2D eigenvalue weighted by Gasteiger charge is -2.14.